The van der Waals surface area contributed by atoms with Crippen LogP contribution < -0.4 is 18.9 Å². The summed E-state index contributed by atoms with van der Waals surface area (Å²) in [5, 5.41) is 9.80. The Hall–Kier alpha value is -3.19. The molecule has 2 rings (SSSR count). The zero-order valence-corrected chi connectivity index (χ0v) is 17.4. The maximum absolute atomic E-state index is 12.8. The van der Waals surface area contributed by atoms with Gasteiger partial charge in [-0.25, -0.2) is 0 Å². The third-order valence-corrected chi connectivity index (χ3v) is 4.17. The molecule has 0 aliphatic rings. The molecule has 0 bridgehead atoms. The summed E-state index contributed by atoms with van der Waals surface area (Å²) in [7, 11) is 8.44. The Morgan fingerprint density at radius 2 is 1.69 bits per heavy atom. The van der Waals surface area contributed by atoms with E-state index in [0.29, 0.717) is 41.7 Å². The lowest BCUT2D eigenvalue weighted by molar-refractivity contribution is 0.104. The molecule has 0 radical (unpaired) electrons. The summed E-state index contributed by atoms with van der Waals surface area (Å²) in [6.45, 7) is 1.12. The summed E-state index contributed by atoms with van der Waals surface area (Å²) >= 11 is 0. The predicted octanol–water partition coefficient (Wildman–Crippen LogP) is 3.25. The summed E-state index contributed by atoms with van der Waals surface area (Å²) in [5.41, 5.74) is 0.924. The van der Waals surface area contributed by atoms with Crippen LogP contribution in [-0.2, 0) is 0 Å². The second-order valence-corrected chi connectivity index (χ2v) is 6.45. The van der Waals surface area contributed by atoms with Gasteiger partial charge in [-0.3, -0.25) is 4.79 Å². The lowest BCUT2D eigenvalue weighted by Gasteiger charge is -2.14. The zero-order valence-electron chi connectivity index (χ0n) is 17.4. The molecule has 1 N–H and O–H groups in total. The summed E-state index contributed by atoms with van der Waals surface area (Å²) in [4.78, 5) is 14.8. The number of rotatable bonds is 10. The third kappa shape index (κ3) is 5.65. The Labute approximate surface area is 171 Å². The highest BCUT2D eigenvalue weighted by molar-refractivity contribution is 6.09. The number of nitrogens with zero attached hydrogens (tertiary/aromatic N) is 1. The van der Waals surface area contributed by atoms with Crippen molar-refractivity contribution >= 4 is 11.9 Å². The Bertz CT molecular complexity index is 876. The van der Waals surface area contributed by atoms with Gasteiger partial charge >= 0.3 is 0 Å². The molecule has 0 unspecified atom stereocenters. The third-order valence-electron chi connectivity index (χ3n) is 4.17. The number of ether oxygens (including phenoxy) is 4. The molecule has 0 aliphatic carbocycles. The average Bonchev–Trinajstić information content (AvgIpc) is 2.71. The van der Waals surface area contributed by atoms with Gasteiger partial charge in [0.25, 0.3) is 0 Å². The van der Waals surface area contributed by atoms with Crippen molar-refractivity contribution in [1.82, 2.24) is 4.90 Å². The van der Waals surface area contributed by atoms with Crippen LogP contribution in [0.4, 0.5) is 0 Å². The smallest absolute Gasteiger partial charge is 0.203 e. The van der Waals surface area contributed by atoms with E-state index in [9.17, 15) is 9.90 Å². The van der Waals surface area contributed by atoms with Gasteiger partial charge in [0.05, 0.1) is 26.9 Å². The van der Waals surface area contributed by atoms with Crippen LogP contribution in [0.15, 0.2) is 36.4 Å². The standard InChI is InChI=1S/C22H27NO6/c1-23(2)12-13-29-19-11-8-16(24)14-17(19)18(25)9-6-15-7-10-20(26-3)22(28-5)21(15)27-4/h6-11,14,24H,12-13H2,1-5H3/b9-6+. The molecule has 0 aromatic heterocycles. The number of hydrogen-bond acceptors (Lipinski definition) is 7. The van der Waals surface area contributed by atoms with E-state index >= 15 is 0 Å². The van der Waals surface area contributed by atoms with E-state index in [2.05, 4.69) is 0 Å². The normalized spacial score (nSPS) is 11.0. The van der Waals surface area contributed by atoms with Crippen LogP contribution in [-0.4, -0.2) is 64.4 Å². The van der Waals surface area contributed by atoms with Crippen molar-refractivity contribution < 1.29 is 28.8 Å². The number of phenolic OH excluding ortho intramolecular Hbond substituents is 1. The lowest BCUT2D eigenvalue weighted by atomic mass is 10.1. The number of ketones is 1. The second kappa shape index (κ2) is 10.4. The van der Waals surface area contributed by atoms with Crippen molar-refractivity contribution in [2.24, 2.45) is 0 Å². The molecular formula is C22H27NO6. The molecule has 7 nitrogen and oxygen atoms in total. The van der Waals surface area contributed by atoms with E-state index in [0.717, 1.165) is 0 Å². The van der Waals surface area contributed by atoms with Gasteiger partial charge in [0.15, 0.2) is 17.3 Å². The minimum atomic E-state index is -0.308. The fourth-order valence-corrected chi connectivity index (χ4v) is 2.69. The van der Waals surface area contributed by atoms with E-state index in [-0.39, 0.29) is 17.1 Å². The number of phenols is 1. The van der Waals surface area contributed by atoms with Gasteiger partial charge in [0.2, 0.25) is 5.75 Å². The molecule has 0 saturated carbocycles. The summed E-state index contributed by atoms with van der Waals surface area (Å²) in [6.07, 6.45) is 3.02. The van der Waals surface area contributed by atoms with Crippen molar-refractivity contribution in [2.75, 3.05) is 48.6 Å². The number of allylic oxidation sites excluding steroid dienone is 1. The van der Waals surface area contributed by atoms with Crippen molar-refractivity contribution in [3.05, 3.63) is 47.5 Å². The van der Waals surface area contributed by atoms with Crippen LogP contribution in [0.2, 0.25) is 0 Å². The molecule has 156 valence electrons. The average molecular weight is 401 g/mol. The predicted molar refractivity (Wildman–Crippen MR) is 112 cm³/mol. The van der Waals surface area contributed by atoms with Crippen molar-refractivity contribution in [2.45, 2.75) is 0 Å². The van der Waals surface area contributed by atoms with Gasteiger partial charge in [-0.15, -0.1) is 0 Å². The van der Waals surface area contributed by atoms with Crippen LogP contribution >= 0.6 is 0 Å². The van der Waals surface area contributed by atoms with Crippen LogP contribution in [0.25, 0.3) is 6.08 Å². The summed E-state index contributed by atoms with van der Waals surface area (Å²) in [6, 6.07) is 7.96. The van der Waals surface area contributed by atoms with E-state index in [1.807, 2.05) is 19.0 Å². The SMILES string of the molecule is COc1ccc(/C=C/C(=O)c2cc(O)ccc2OCCN(C)C)c(OC)c1OC. The first-order valence-electron chi connectivity index (χ1n) is 9.03. The van der Waals surface area contributed by atoms with E-state index < -0.39 is 0 Å². The number of hydrogen-bond donors (Lipinski definition) is 1. The highest BCUT2D eigenvalue weighted by Gasteiger charge is 2.16. The quantitative estimate of drug-likeness (QED) is 0.484. The lowest BCUT2D eigenvalue weighted by Crippen LogP contribution is -2.20. The number of benzene rings is 2. The van der Waals surface area contributed by atoms with Crippen molar-refractivity contribution in [1.29, 1.82) is 0 Å². The number of carbonyl (C=O) groups is 1. The molecule has 0 aliphatic heterocycles. The van der Waals surface area contributed by atoms with E-state index in [1.54, 1.807) is 24.3 Å². The number of likely N-dealkylation sites (N-methyl/N-ethyl adjacent to an activating group) is 1. The van der Waals surface area contributed by atoms with Gasteiger partial charge in [-0.05, 0) is 56.6 Å². The first-order valence-corrected chi connectivity index (χ1v) is 9.03. The molecule has 7 heteroatoms. The van der Waals surface area contributed by atoms with Crippen LogP contribution in [0.5, 0.6) is 28.7 Å². The largest absolute Gasteiger partial charge is 0.508 e. The van der Waals surface area contributed by atoms with Gasteiger partial charge in [-0.2, -0.15) is 0 Å². The Morgan fingerprint density at radius 3 is 2.31 bits per heavy atom. The van der Waals surface area contributed by atoms with E-state index in [4.69, 9.17) is 18.9 Å². The zero-order chi connectivity index (χ0) is 21.4. The first-order chi connectivity index (χ1) is 13.9. The Morgan fingerprint density at radius 1 is 1.00 bits per heavy atom. The van der Waals surface area contributed by atoms with Gasteiger partial charge in [0.1, 0.15) is 18.1 Å². The Kier molecular flexibility index (Phi) is 7.91. The molecule has 0 amide bonds. The Balaban J connectivity index is 2.30. The maximum atomic E-state index is 12.8. The monoisotopic (exact) mass is 401 g/mol. The molecule has 0 fully saturated rings. The van der Waals surface area contributed by atoms with Crippen molar-refractivity contribution in [3.63, 3.8) is 0 Å². The fraction of sp³-hybridized carbons (Fsp3) is 0.318. The molecule has 29 heavy (non-hydrogen) atoms. The minimum absolute atomic E-state index is 0.00888. The molecule has 0 heterocycles. The molecule has 2 aromatic carbocycles. The van der Waals surface area contributed by atoms with Crippen LogP contribution in [0.3, 0.4) is 0 Å². The van der Waals surface area contributed by atoms with Crippen molar-refractivity contribution in [3.8, 4) is 28.7 Å². The summed E-state index contributed by atoms with van der Waals surface area (Å²) < 4.78 is 21.8. The minimum Gasteiger partial charge on any atom is -0.508 e. The van der Waals surface area contributed by atoms with Gasteiger partial charge in [-0.1, -0.05) is 0 Å². The van der Waals surface area contributed by atoms with Gasteiger partial charge < -0.3 is 29.0 Å². The van der Waals surface area contributed by atoms with Crippen LogP contribution in [0, 0.1) is 0 Å². The molecule has 0 saturated heterocycles. The molecular weight excluding hydrogens is 374 g/mol. The van der Waals surface area contributed by atoms with Crippen LogP contribution in [0.1, 0.15) is 15.9 Å². The first kappa shape index (κ1) is 22.1. The number of aromatic hydroxyl groups is 1. The molecule has 2 aromatic rings. The summed E-state index contributed by atoms with van der Waals surface area (Å²) in [5.74, 6) is 1.52. The molecule has 0 spiro atoms. The number of carbonyl (C=O) groups excluding carboxylic acids is 1. The highest BCUT2D eigenvalue weighted by atomic mass is 16.5. The maximum Gasteiger partial charge on any atom is 0.203 e. The van der Waals surface area contributed by atoms with E-state index in [1.165, 1.54) is 39.5 Å². The number of methoxy groups -OCH3 is 3. The van der Waals surface area contributed by atoms with Gasteiger partial charge in [0, 0.05) is 12.1 Å². The topological polar surface area (TPSA) is 77.5 Å². The second-order valence-electron chi connectivity index (χ2n) is 6.45. The fourth-order valence-electron chi connectivity index (χ4n) is 2.69. The molecule has 0 atom stereocenters. The highest BCUT2D eigenvalue weighted by Crippen LogP contribution is 2.40.